The zero-order valence-corrected chi connectivity index (χ0v) is 7.85. The molecule has 0 radical (unpaired) electrons. The smallest absolute Gasteiger partial charge is 0.168 e. The summed E-state index contributed by atoms with van der Waals surface area (Å²) in [6.07, 6.45) is 3.14. The average molecular weight is 198 g/mol. The average Bonchev–Trinajstić information content (AvgIpc) is 2.18. The molecule has 2 nitrogen and oxygen atoms in total. The summed E-state index contributed by atoms with van der Waals surface area (Å²) in [4.78, 5) is 0. The molecule has 14 heavy (non-hydrogen) atoms. The summed E-state index contributed by atoms with van der Waals surface area (Å²) in [5.74, 6) is -1.79. The van der Waals surface area contributed by atoms with Crippen molar-refractivity contribution in [1.29, 1.82) is 0 Å². The van der Waals surface area contributed by atoms with E-state index in [0.717, 1.165) is 6.07 Å². The van der Waals surface area contributed by atoms with Crippen molar-refractivity contribution < 1.29 is 8.78 Å². The fourth-order valence-corrected chi connectivity index (χ4v) is 1.05. The maximum Gasteiger partial charge on any atom is 0.168 e. The van der Waals surface area contributed by atoms with Gasteiger partial charge in [0.25, 0.3) is 0 Å². The number of nitrogens with two attached hydrogens (primary N) is 1. The molecule has 0 spiro atoms. The lowest BCUT2D eigenvalue weighted by Crippen LogP contribution is -2.04. The van der Waals surface area contributed by atoms with Crippen molar-refractivity contribution in [1.82, 2.24) is 5.32 Å². The van der Waals surface area contributed by atoms with Crippen LogP contribution in [-0.4, -0.2) is 13.6 Å². The van der Waals surface area contributed by atoms with Gasteiger partial charge in [0.1, 0.15) is 0 Å². The molecule has 0 atom stereocenters. The molecular formula is C10H12F2N2. The summed E-state index contributed by atoms with van der Waals surface area (Å²) in [6, 6.07) is 2.36. The van der Waals surface area contributed by atoms with Gasteiger partial charge in [-0.25, -0.2) is 8.78 Å². The SMILES string of the molecule is CNCC=Cc1c(N)ccc(F)c1F. The third kappa shape index (κ3) is 2.29. The molecule has 0 aliphatic carbocycles. The lowest BCUT2D eigenvalue weighted by atomic mass is 10.1. The second-order valence-electron chi connectivity index (χ2n) is 2.82. The van der Waals surface area contributed by atoms with E-state index in [1.54, 1.807) is 13.1 Å². The van der Waals surface area contributed by atoms with Crippen molar-refractivity contribution in [3.8, 4) is 0 Å². The lowest BCUT2D eigenvalue weighted by Gasteiger charge is -2.02. The van der Waals surface area contributed by atoms with Crippen LogP contribution in [0.25, 0.3) is 6.08 Å². The topological polar surface area (TPSA) is 38.0 Å². The summed E-state index contributed by atoms with van der Waals surface area (Å²) >= 11 is 0. The second kappa shape index (κ2) is 4.72. The number of anilines is 1. The van der Waals surface area contributed by atoms with E-state index in [-0.39, 0.29) is 11.3 Å². The van der Waals surface area contributed by atoms with Gasteiger partial charge in [0, 0.05) is 17.8 Å². The van der Waals surface area contributed by atoms with E-state index in [0.29, 0.717) is 6.54 Å². The molecule has 1 aromatic rings. The zero-order chi connectivity index (χ0) is 10.6. The summed E-state index contributed by atoms with van der Waals surface area (Å²) in [5.41, 5.74) is 5.82. The van der Waals surface area contributed by atoms with Crippen LogP contribution in [0.5, 0.6) is 0 Å². The molecular weight excluding hydrogens is 186 g/mol. The molecule has 76 valence electrons. The number of benzene rings is 1. The molecule has 0 saturated heterocycles. The van der Waals surface area contributed by atoms with Gasteiger partial charge >= 0.3 is 0 Å². The molecule has 0 aliphatic heterocycles. The number of rotatable bonds is 3. The molecule has 3 N–H and O–H groups in total. The van der Waals surface area contributed by atoms with Crippen molar-refractivity contribution >= 4 is 11.8 Å². The zero-order valence-electron chi connectivity index (χ0n) is 7.85. The normalized spacial score (nSPS) is 11.1. The Morgan fingerprint density at radius 3 is 2.79 bits per heavy atom. The van der Waals surface area contributed by atoms with Crippen LogP contribution in [0, 0.1) is 11.6 Å². The molecule has 0 aromatic heterocycles. The molecule has 0 saturated carbocycles. The number of hydrogen-bond donors (Lipinski definition) is 2. The van der Waals surface area contributed by atoms with Gasteiger partial charge in [-0.2, -0.15) is 0 Å². The predicted molar refractivity (Wildman–Crippen MR) is 53.7 cm³/mol. The predicted octanol–water partition coefficient (Wildman–Crippen LogP) is 1.78. The van der Waals surface area contributed by atoms with Gasteiger partial charge < -0.3 is 11.1 Å². The van der Waals surface area contributed by atoms with E-state index < -0.39 is 11.6 Å². The number of likely N-dealkylation sites (N-methyl/N-ethyl adjacent to an activating group) is 1. The van der Waals surface area contributed by atoms with Crippen LogP contribution in [0.15, 0.2) is 18.2 Å². The Morgan fingerprint density at radius 1 is 1.43 bits per heavy atom. The monoisotopic (exact) mass is 198 g/mol. The largest absolute Gasteiger partial charge is 0.398 e. The van der Waals surface area contributed by atoms with Gasteiger partial charge in [0.2, 0.25) is 0 Å². The summed E-state index contributed by atoms with van der Waals surface area (Å²) in [7, 11) is 1.76. The van der Waals surface area contributed by atoms with Gasteiger partial charge in [0.05, 0.1) is 0 Å². The highest BCUT2D eigenvalue weighted by Gasteiger charge is 2.08. The number of nitrogens with one attached hydrogen (secondary N) is 1. The van der Waals surface area contributed by atoms with Crippen LogP contribution in [-0.2, 0) is 0 Å². The first-order chi connectivity index (χ1) is 6.66. The number of halogens is 2. The van der Waals surface area contributed by atoms with Crippen LogP contribution in [0.3, 0.4) is 0 Å². The molecule has 0 bridgehead atoms. The number of hydrogen-bond acceptors (Lipinski definition) is 2. The van der Waals surface area contributed by atoms with E-state index in [1.165, 1.54) is 12.1 Å². The first-order valence-electron chi connectivity index (χ1n) is 4.21. The molecule has 4 heteroatoms. The highest BCUT2D eigenvalue weighted by molar-refractivity contribution is 5.65. The first kappa shape index (κ1) is 10.7. The minimum Gasteiger partial charge on any atom is -0.398 e. The van der Waals surface area contributed by atoms with Gasteiger partial charge in [-0.3, -0.25) is 0 Å². The Bertz CT molecular complexity index is 348. The van der Waals surface area contributed by atoms with Crippen molar-refractivity contribution in [3.05, 3.63) is 35.4 Å². The molecule has 0 fully saturated rings. The van der Waals surface area contributed by atoms with Crippen molar-refractivity contribution in [2.45, 2.75) is 0 Å². The Balaban J connectivity index is 3.00. The van der Waals surface area contributed by atoms with Crippen LogP contribution < -0.4 is 11.1 Å². The highest BCUT2D eigenvalue weighted by atomic mass is 19.2. The van der Waals surface area contributed by atoms with E-state index in [4.69, 9.17) is 5.73 Å². The Labute approximate surface area is 81.4 Å². The molecule has 1 aromatic carbocycles. The van der Waals surface area contributed by atoms with Crippen LogP contribution in [0.1, 0.15) is 5.56 Å². The van der Waals surface area contributed by atoms with Crippen molar-refractivity contribution in [2.75, 3.05) is 19.3 Å². The number of nitrogen functional groups attached to an aromatic ring is 1. The van der Waals surface area contributed by atoms with Gasteiger partial charge in [0.15, 0.2) is 11.6 Å². The van der Waals surface area contributed by atoms with Crippen molar-refractivity contribution in [2.24, 2.45) is 0 Å². The first-order valence-corrected chi connectivity index (χ1v) is 4.21. The third-order valence-electron chi connectivity index (χ3n) is 1.77. The standard InChI is InChI=1S/C10H12F2N2/c1-14-6-2-3-7-9(13)5-4-8(11)10(7)12/h2-5,14H,6,13H2,1H3. The summed E-state index contributed by atoms with van der Waals surface area (Å²) in [6.45, 7) is 0.579. The Kier molecular flexibility index (Phi) is 3.59. The molecule has 0 aliphatic rings. The quantitative estimate of drug-likeness (QED) is 0.726. The van der Waals surface area contributed by atoms with Gasteiger partial charge in [-0.15, -0.1) is 0 Å². The fourth-order valence-electron chi connectivity index (χ4n) is 1.05. The Hall–Kier alpha value is -1.42. The lowest BCUT2D eigenvalue weighted by molar-refractivity contribution is 0.507. The highest BCUT2D eigenvalue weighted by Crippen LogP contribution is 2.19. The minimum atomic E-state index is -0.905. The van der Waals surface area contributed by atoms with E-state index in [1.807, 2.05) is 0 Å². The van der Waals surface area contributed by atoms with Crippen LogP contribution in [0.2, 0.25) is 0 Å². The van der Waals surface area contributed by atoms with E-state index in [9.17, 15) is 8.78 Å². The molecule has 0 unspecified atom stereocenters. The summed E-state index contributed by atoms with van der Waals surface area (Å²) < 4.78 is 26.0. The van der Waals surface area contributed by atoms with Gasteiger partial charge in [-0.05, 0) is 19.2 Å². The Morgan fingerprint density at radius 2 is 2.14 bits per heavy atom. The molecule has 0 heterocycles. The molecule has 1 rings (SSSR count). The van der Waals surface area contributed by atoms with Crippen LogP contribution in [0.4, 0.5) is 14.5 Å². The minimum absolute atomic E-state index is 0.0975. The summed E-state index contributed by atoms with van der Waals surface area (Å²) in [5, 5.41) is 2.85. The van der Waals surface area contributed by atoms with Crippen molar-refractivity contribution in [3.63, 3.8) is 0 Å². The second-order valence-corrected chi connectivity index (χ2v) is 2.82. The maximum absolute atomic E-state index is 13.2. The maximum atomic E-state index is 13.2. The van der Waals surface area contributed by atoms with E-state index in [2.05, 4.69) is 5.32 Å². The third-order valence-corrected chi connectivity index (χ3v) is 1.77. The van der Waals surface area contributed by atoms with E-state index >= 15 is 0 Å². The fraction of sp³-hybridized carbons (Fsp3) is 0.200. The van der Waals surface area contributed by atoms with Gasteiger partial charge in [-0.1, -0.05) is 12.2 Å². The molecule has 0 amide bonds. The van der Waals surface area contributed by atoms with Crippen LogP contribution >= 0.6 is 0 Å².